The number of aliphatic hydroxyl groups is 2. The topological polar surface area (TPSA) is 49.7 Å². The van der Waals surface area contributed by atoms with E-state index in [4.69, 9.17) is 4.74 Å². The summed E-state index contributed by atoms with van der Waals surface area (Å²) in [6.45, 7) is 0.759. The van der Waals surface area contributed by atoms with Crippen LogP contribution in [0.3, 0.4) is 0 Å². The standard InChI is InChI=1S/C10H24As2O3/c1-11(2)5-9(13)7-15-8-10(14)6-12(3)4/h9-10,13-14H,5-8H2,1-4H3. The van der Waals surface area contributed by atoms with Crippen molar-refractivity contribution >= 4 is 29.3 Å². The van der Waals surface area contributed by atoms with E-state index in [1.165, 1.54) is 0 Å². The maximum atomic E-state index is 9.55. The van der Waals surface area contributed by atoms with Crippen molar-refractivity contribution in [3.63, 3.8) is 0 Å². The Morgan fingerprint density at radius 2 is 1.20 bits per heavy atom. The predicted molar refractivity (Wildman–Crippen MR) is 67.4 cm³/mol. The van der Waals surface area contributed by atoms with Crippen molar-refractivity contribution in [3.8, 4) is 0 Å². The molecule has 0 aliphatic carbocycles. The van der Waals surface area contributed by atoms with Gasteiger partial charge < -0.3 is 0 Å². The van der Waals surface area contributed by atoms with Crippen molar-refractivity contribution in [2.24, 2.45) is 0 Å². The fraction of sp³-hybridized carbons (Fsp3) is 1.00. The molecule has 0 aliphatic rings. The van der Waals surface area contributed by atoms with Crippen LogP contribution < -0.4 is 0 Å². The molecule has 2 atom stereocenters. The van der Waals surface area contributed by atoms with Crippen LogP contribution in [0.5, 0.6) is 0 Å². The van der Waals surface area contributed by atoms with E-state index in [0.717, 1.165) is 10.4 Å². The van der Waals surface area contributed by atoms with Gasteiger partial charge in [0.05, 0.1) is 0 Å². The molecule has 3 nitrogen and oxygen atoms in total. The summed E-state index contributed by atoms with van der Waals surface area (Å²) in [7, 11) is 0. The summed E-state index contributed by atoms with van der Waals surface area (Å²) in [5.41, 5.74) is 8.87. The molecule has 0 amide bonds. The normalized spacial score (nSPS) is 16.0. The zero-order chi connectivity index (χ0) is 11.8. The molecular weight excluding hydrogens is 318 g/mol. The third-order valence-electron chi connectivity index (χ3n) is 1.77. The van der Waals surface area contributed by atoms with Crippen LogP contribution in [-0.4, -0.2) is 64.9 Å². The quantitative estimate of drug-likeness (QED) is 0.653. The van der Waals surface area contributed by atoms with Crippen molar-refractivity contribution in [2.45, 2.75) is 45.5 Å². The first-order valence-electron chi connectivity index (χ1n) is 5.15. The van der Waals surface area contributed by atoms with Crippen LogP contribution >= 0.6 is 0 Å². The molecule has 92 valence electrons. The molecule has 0 aliphatic heterocycles. The van der Waals surface area contributed by atoms with Gasteiger partial charge in [0.15, 0.2) is 0 Å². The second-order valence-corrected chi connectivity index (χ2v) is 15.0. The SMILES string of the molecule is C[As](C)CC(O)COCC(O)C[As](C)C. The van der Waals surface area contributed by atoms with Gasteiger partial charge in [0.25, 0.3) is 0 Å². The molecule has 5 heteroatoms. The van der Waals surface area contributed by atoms with E-state index in [1.807, 2.05) is 0 Å². The van der Waals surface area contributed by atoms with Gasteiger partial charge in [0, 0.05) is 0 Å². The fourth-order valence-corrected chi connectivity index (χ4v) is 5.27. The molecule has 2 unspecified atom stereocenters. The van der Waals surface area contributed by atoms with Gasteiger partial charge in [-0.05, 0) is 0 Å². The van der Waals surface area contributed by atoms with E-state index in [-0.39, 0.29) is 12.2 Å². The van der Waals surface area contributed by atoms with Crippen LogP contribution in [0.25, 0.3) is 0 Å². The van der Waals surface area contributed by atoms with E-state index in [2.05, 4.69) is 22.8 Å². The van der Waals surface area contributed by atoms with Gasteiger partial charge >= 0.3 is 103 Å². The van der Waals surface area contributed by atoms with Crippen LogP contribution in [0.4, 0.5) is 0 Å². The van der Waals surface area contributed by atoms with Gasteiger partial charge in [-0.15, -0.1) is 0 Å². The monoisotopic (exact) mass is 342 g/mol. The van der Waals surface area contributed by atoms with Crippen LogP contribution in [0, 0.1) is 0 Å². The van der Waals surface area contributed by atoms with Crippen LogP contribution in [0.1, 0.15) is 0 Å². The summed E-state index contributed by atoms with van der Waals surface area (Å²) in [5.74, 6) is 0. The molecule has 0 radical (unpaired) electrons. The minimum absolute atomic E-state index is 0.330. The second kappa shape index (κ2) is 9.07. The second-order valence-electron chi connectivity index (χ2n) is 4.37. The summed E-state index contributed by atoms with van der Waals surface area (Å²) in [6.07, 6.45) is -0.659. The summed E-state index contributed by atoms with van der Waals surface area (Å²) in [5, 5.41) is 20.9. The van der Waals surface area contributed by atoms with Gasteiger partial charge in [-0.1, -0.05) is 0 Å². The molecule has 0 bridgehead atoms. The van der Waals surface area contributed by atoms with Gasteiger partial charge in [-0.2, -0.15) is 0 Å². The van der Waals surface area contributed by atoms with Crippen molar-refractivity contribution in [1.29, 1.82) is 0 Å². The first-order valence-corrected chi connectivity index (χ1v) is 15.3. The number of hydrogen-bond acceptors (Lipinski definition) is 3. The van der Waals surface area contributed by atoms with Crippen LogP contribution in [0.15, 0.2) is 0 Å². The Labute approximate surface area is 103 Å². The molecule has 2 N–H and O–H groups in total. The summed E-state index contributed by atoms with van der Waals surface area (Å²) in [6, 6.07) is 0. The zero-order valence-electron chi connectivity index (χ0n) is 10.2. The molecule has 0 aromatic carbocycles. The Morgan fingerprint density at radius 3 is 1.47 bits per heavy atom. The Hall–Kier alpha value is 0.997. The predicted octanol–water partition coefficient (Wildman–Crippen LogP) is 1.23. The average molecular weight is 342 g/mol. The first kappa shape index (κ1) is 16.0. The maximum absolute atomic E-state index is 9.55. The summed E-state index contributed by atoms with van der Waals surface area (Å²) >= 11 is -1.53. The van der Waals surface area contributed by atoms with Crippen molar-refractivity contribution in [3.05, 3.63) is 0 Å². The third kappa shape index (κ3) is 11.3. The van der Waals surface area contributed by atoms with E-state index in [0.29, 0.717) is 13.2 Å². The molecule has 0 saturated heterocycles. The molecule has 0 fully saturated rings. The Morgan fingerprint density at radius 1 is 0.867 bits per heavy atom. The van der Waals surface area contributed by atoms with Gasteiger partial charge in [0.1, 0.15) is 0 Å². The van der Waals surface area contributed by atoms with Crippen LogP contribution in [-0.2, 0) is 4.74 Å². The van der Waals surface area contributed by atoms with Crippen molar-refractivity contribution in [2.75, 3.05) is 13.2 Å². The van der Waals surface area contributed by atoms with Gasteiger partial charge in [-0.3, -0.25) is 0 Å². The molecule has 0 spiro atoms. The average Bonchev–Trinajstić information content (AvgIpc) is 2.00. The Kier molecular flexibility index (Phi) is 9.67. The van der Waals surface area contributed by atoms with Crippen molar-refractivity contribution in [1.82, 2.24) is 0 Å². The summed E-state index contributed by atoms with van der Waals surface area (Å²) < 4.78 is 5.31. The van der Waals surface area contributed by atoms with Gasteiger partial charge in [0.2, 0.25) is 0 Å². The first-order chi connectivity index (χ1) is 6.91. The number of aliphatic hydroxyl groups excluding tert-OH is 2. The zero-order valence-corrected chi connectivity index (χ0v) is 13.9. The molecule has 0 rings (SSSR count). The van der Waals surface area contributed by atoms with E-state index in [1.54, 1.807) is 0 Å². The van der Waals surface area contributed by atoms with Crippen LogP contribution in [0.2, 0.25) is 33.3 Å². The minimum atomic E-state index is -0.764. The summed E-state index contributed by atoms with van der Waals surface area (Å²) in [4.78, 5) is 0. The van der Waals surface area contributed by atoms with E-state index < -0.39 is 29.3 Å². The Bertz CT molecular complexity index is 138. The van der Waals surface area contributed by atoms with Gasteiger partial charge in [-0.25, -0.2) is 0 Å². The van der Waals surface area contributed by atoms with E-state index in [9.17, 15) is 10.2 Å². The molecule has 0 saturated carbocycles. The molecule has 0 aromatic rings. The molecular formula is C10H24As2O3. The Balaban J connectivity index is 3.44. The molecule has 0 aromatic heterocycles. The van der Waals surface area contributed by atoms with Crippen molar-refractivity contribution < 1.29 is 14.9 Å². The molecule has 0 heterocycles. The molecule has 15 heavy (non-hydrogen) atoms. The third-order valence-corrected chi connectivity index (χ3v) is 6.61. The fourth-order valence-electron chi connectivity index (χ4n) is 1.29. The number of hydrogen-bond donors (Lipinski definition) is 2. The van der Waals surface area contributed by atoms with E-state index >= 15 is 0 Å². The number of ether oxygens (including phenoxy) is 1. The number of rotatable bonds is 8.